The van der Waals surface area contributed by atoms with Crippen molar-refractivity contribution in [3.63, 3.8) is 0 Å². The summed E-state index contributed by atoms with van der Waals surface area (Å²) in [5.74, 6) is 0.700. The molecule has 0 amide bonds. The maximum absolute atomic E-state index is 10.5. The van der Waals surface area contributed by atoms with E-state index in [1.165, 1.54) is 51.7 Å². The first-order valence-corrected chi connectivity index (χ1v) is 6.73. The quantitative estimate of drug-likeness (QED) is 0.810. The Bertz CT molecular complexity index is 685. The van der Waals surface area contributed by atoms with Gasteiger partial charge in [0, 0.05) is 11.1 Å². The number of phenolic OH excluding ortho intramolecular Hbond substituents is 2. The van der Waals surface area contributed by atoms with Gasteiger partial charge in [-0.1, -0.05) is 0 Å². The van der Waals surface area contributed by atoms with Crippen molar-refractivity contribution in [1.82, 2.24) is 0 Å². The van der Waals surface area contributed by atoms with Gasteiger partial charge in [0.15, 0.2) is 23.0 Å². The third-order valence-corrected chi connectivity index (χ3v) is 2.98. The standard InChI is InChI=1S/C9H10O4.C8H8O3/c1-12-7-3-6(5-10)4-8(13-2)9(7)11;1-11-8-4-6(5-9)2-3-7(8)10/h3-5,11H,1-2H3;2-5,10H,1H3. The summed E-state index contributed by atoms with van der Waals surface area (Å²) in [4.78, 5) is 20.7. The summed E-state index contributed by atoms with van der Waals surface area (Å²) in [6.07, 6.45) is 1.35. The number of rotatable bonds is 5. The van der Waals surface area contributed by atoms with Crippen LogP contribution in [0.15, 0.2) is 30.3 Å². The maximum atomic E-state index is 10.5. The number of ether oxygens (including phenoxy) is 3. The highest BCUT2D eigenvalue weighted by atomic mass is 16.5. The fraction of sp³-hybridized carbons (Fsp3) is 0.176. The van der Waals surface area contributed by atoms with Gasteiger partial charge in [0.05, 0.1) is 21.3 Å². The average Bonchev–Trinajstić information content (AvgIpc) is 2.62. The van der Waals surface area contributed by atoms with Crippen LogP contribution in [0.4, 0.5) is 0 Å². The normalized spacial score (nSPS) is 9.29. The zero-order valence-electron chi connectivity index (χ0n) is 13.5. The van der Waals surface area contributed by atoms with Crippen molar-refractivity contribution < 1.29 is 34.0 Å². The van der Waals surface area contributed by atoms with Gasteiger partial charge in [-0.2, -0.15) is 0 Å². The number of carbonyl (C=O) groups is 2. The molecule has 0 unspecified atom stereocenters. The van der Waals surface area contributed by atoms with E-state index in [0.29, 0.717) is 29.4 Å². The lowest BCUT2D eigenvalue weighted by Crippen LogP contribution is -1.91. The largest absolute Gasteiger partial charge is 0.504 e. The van der Waals surface area contributed by atoms with Crippen LogP contribution in [-0.2, 0) is 0 Å². The summed E-state index contributed by atoms with van der Waals surface area (Å²) < 4.78 is 14.5. The summed E-state index contributed by atoms with van der Waals surface area (Å²) in [5, 5.41) is 18.5. The summed E-state index contributed by atoms with van der Waals surface area (Å²) in [6.45, 7) is 0. The Labute approximate surface area is 139 Å². The molecule has 0 heterocycles. The molecule has 0 spiro atoms. The zero-order chi connectivity index (χ0) is 18.1. The van der Waals surface area contributed by atoms with E-state index in [1.54, 1.807) is 0 Å². The lowest BCUT2D eigenvalue weighted by atomic mass is 10.2. The van der Waals surface area contributed by atoms with E-state index in [-0.39, 0.29) is 23.0 Å². The smallest absolute Gasteiger partial charge is 0.200 e. The fourth-order valence-corrected chi connectivity index (χ4v) is 1.75. The Kier molecular flexibility index (Phi) is 7.09. The van der Waals surface area contributed by atoms with E-state index in [1.807, 2.05) is 0 Å². The molecule has 2 aromatic carbocycles. The van der Waals surface area contributed by atoms with E-state index in [2.05, 4.69) is 0 Å². The van der Waals surface area contributed by atoms with Crippen molar-refractivity contribution in [2.24, 2.45) is 0 Å². The molecule has 0 saturated heterocycles. The van der Waals surface area contributed by atoms with Gasteiger partial charge in [0.1, 0.15) is 12.6 Å². The van der Waals surface area contributed by atoms with Crippen LogP contribution in [0.2, 0.25) is 0 Å². The highest BCUT2D eigenvalue weighted by Crippen LogP contribution is 2.36. The van der Waals surface area contributed by atoms with E-state index >= 15 is 0 Å². The molecule has 7 heteroatoms. The second-order valence-corrected chi connectivity index (χ2v) is 4.44. The number of hydrogen-bond acceptors (Lipinski definition) is 7. The van der Waals surface area contributed by atoms with Crippen molar-refractivity contribution in [2.75, 3.05) is 21.3 Å². The van der Waals surface area contributed by atoms with Gasteiger partial charge >= 0.3 is 0 Å². The molecule has 2 N–H and O–H groups in total. The van der Waals surface area contributed by atoms with Gasteiger partial charge in [-0.15, -0.1) is 0 Å². The Morgan fingerprint density at radius 3 is 1.62 bits per heavy atom. The molecule has 0 aromatic heterocycles. The van der Waals surface area contributed by atoms with E-state index in [0.717, 1.165) is 0 Å². The first-order chi connectivity index (χ1) is 11.5. The number of aromatic hydroxyl groups is 2. The molecule has 0 bridgehead atoms. The summed E-state index contributed by atoms with van der Waals surface area (Å²) >= 11 is 0. The summed E-state index contributed by atoms with van der Waals surface area (Å²) in [6, 6.07) is 7.28. The molecule has 0 aliphatic rings. The third kappa shape index (κ3) is 4.64. The lowest BCUT2D eigenvalue weighted by molar-refractivity contribution is 0.111. The highest BCUT2D eigenvalue weighted by Gasteiger charge is 2.10. The third-order valence-electron chi connectivity index (χ3n) is 2.98. The van der Waals surface area contributed by atoms with Crippen LogP contribution < -0.4 is 14.2 Å². The molecule has 0 fully saturated rings. The summed E-state index contributed by atoms with van der Waals surface area (Å²) in [7, 11) is 4.25. The average molecular weight is 334 g/mol. The minimum Gasteiger partial charge on any atom is -0.504 e. The van der Waals surface area contributed by atoms with Crippen LogP contribution in [0.25, 0.3) is 0 Å². The first kappa shape index (κ1) is 18.8. The fourth-order valence-electron chi connectivity index (χ4n) is 1.75. The Balaban J connectivity index is 0.000000243. The molecule has 2 rings (SSSR count). The predicted molar refractivity (Wildman–Crippen MR) is 86.6 cm³/mol. The molecule has 2 aromatic rings. The molecule has 24 heavy (non-hydrogen) atoms. The van der Waals surface area contributed by atoms with Crippen molar-refractivity contribution in [3.05, 3.63) is 41.5 Å². The number of benzene rings is 2. The maximum Gasteiger partial charge on any atom is 0.200 e. The molecule has 128 valence electrons. The first-order valence-electron chi connectivity index (χ1n) is 6.73. The number of aldehydes is 2. The molecule has 7 nitrogen and oxygen atoms in total. The molecule has 0 atom stereocenters. The Morgan fingerprint density at radius 2 is 1.21 bits per heavy atom. The highest BCUT2D eigenvalue weighted by molar-refractivity contribution is 5.78. The van der Waals surface area contributed by atoms with Crippen LogP contribution in [0.1, 0.15) is 20.7 Å². The lowest BCUT2D eigenvalue weighted by Gasteiger charge is -2.08. The van der Waals surface area contributed by atoms with Crippen molar-refractivity contribution in [2.45, 2.75) is 0 Å². The van der Waals surface area contributed by atoms with Gasteiger partial charge in [-0.25, -0.2) is 0 Å². The molecule has 0 saturated carbocycles. The number of hydrogen-bond donors (Lipinski definition) is 2. The molecule has 0 aliphatic heterocycles. The second kappa shape index (κ2) is 9.04. The van der Waals surface area contributed by atoms with Crippen LogP contribution in [0, 0.1) is 0 Å². The van der Waals surface area contributed by atoms with Crippen LogP contribution in [0.3, 0.4) is 0 Å². The van der Waals surface area contributed by atoms with Crippen LogP contribution >= 0.6 is 0 Å². The van der Waals surface area contributed by atoms with Gasteiger partial charge in [0.25, 0.3) is 0 Å². The Morgan fingerprint density at radius 1 is 0.750 bits per heavy atom. The Hall–Kier alpha value is -3.22. The second-order valence-electron chi connectivity index (χ2n) is 4.44. The van der Waals surface area contributed by atoms with Gasteiger partial charge in [-0.05, 0) is 30.3 Å². The summed E-state index contributed by atoms with van der Waals surface area (Å²) in [5.41, 5.74) is 0.881. The van der Waals surface area contributed by atoms with Crippen LogP contribution in [0.5, 0.6) is 28.7 Å². The molecule has 0 aliphatic carbocycles. The zero-order valence-corrected chi connectivity index (χ0v) is 13.5. The van der Waals surface area contributed by atoms with Crippen molar-refractivity contribution >= 4 is 12.6 Å². The predicted octanol–water partition coefficient (Wildman–Crippen LogP) is 2.44. The molecular formula is C17H18O7. The van der Waals surface area contributed by atoms with Gasteiger partial charge in [0.2, 0.25) is 5.75 Å². The van der Waals surface area contributed by atoms with Crippen molar-refractivity contribution in [3.8, 4) is 28.7 Å². The van der Waals surface area contributed by atoms with E-state index in [9.17, 15) is 14.7 Å². The topological polar surface area (TPSA) is 102 Å². The van der Waals surface area contributed by atoms with Gasteiger partial charge < -0.3 is 24.4 Å². The minimum atomic E-state index is -0.101. The monoisotopic (exact) mass is 334 g/mol. The van der Waals surface area contributed by atoms with E-state index in [4.69, 9.17) is 19.3 Å². The molecule has 0 radical (unpaired) electrons. The minimum absolute atomic E-state index is 0.0399. The SMILES string of the molecule is COc1cc(C=O)cc(OC)c1O.COc1cc(C=O)ccc1O. The van der Waals surface area contributed by atoms with E-state index < -0.39 is 0 Å². The van der Waals surface area contributed by atoms with Gasteiger partial charge in [-0.3, -0.25) is 9.59 Å². The number of phenols is 2. The molecular weight excluding hydrogens is 316 g/mol. The van der Waals surface area contributed by atoms with Crippen molar-refractivity contribution in [1.29, 1.82) is 0 Å². The van der Waals surface area contributed by atoms with Crippen LogP contribution in [-0.4, -0.2) is 44.1 Å². The number of methoxy groups -OCH3 is 3. The number of carbonyl (C=O) groups excluding carboxylic acids is 2.